The van der Waals surface area contributed by atoms with E-state index in [2.05, 4.69) is 41.0 Å². The monoisotopic (exact) mass is 548 g/mol. The van der Waals surface area contributed by atoms with E-state index in [1.165, 1.54) is 12.1 Å². The van der Waals surface area contributed by atoms with Crippen molar-refractivity contribution >= 4 is 51.8 Å². The summed E-state index contributed by atoms with van der Waals surface area (Å²) in [6, 6.07) is 6.49. The lowest BCUT2D eigenvalue weighted by Gasteiger charge is -2.36. The molecule has 0 amide bonds. The number of hydrogen-bond donors (Lipinski definition) is 1. The maximum absolute atomic E-state index is 13.5. The standard InChI is InChI=1S/C18H22BrFN6.HI/c1-2-21-17(24-13-14-12-15(20)4-5-16(14)19)25-8-10-26(11-9-25)18-22-6-3-7-23-18;/h3-7,12H,2,8-11,13H2,1H3,(H,21,24);1H. The Labute approximate surface area is 184 Å². The van der Waals surface area contributed by atoms with E-state index in [0.29, 0.717) is 6.54 Å². The Kier molecular flexibility index (Phi) is 8.68. The first-order valence-electron chi connectivity index (χ1n) is 8.66. The topological polar surface area (TPSA) is 56.7 Å². The van der Waals surface area contributed by atoms with Gasteiger partial charge < -0.3 is 15.1 Å². The zero-order valence-corrected chi connectivity index (χ0v) is 19.0. The molecule has 0 radical (unpaired) electrons. The van der Waals surface area contributed by atoms with Crippen molar-refractivity contribution in [2.24, 2.45) is 4.99 Å². The second-order valence-electron chi connectivity index (χ2n) is 5.93. The van der Waals surface area contributed by atoms with E-state index < -0.39 is 0 Å². The first kappa shape index (κ1) is 21.8. The third kappa shape index (κ3) is 6.00. The number of guanidine groups is 1. The summed E-state index contributed by atoms with van der Waals surface area (Å²) in [6.45, 7) is 6.56. The summed E-state index contributed by atoms with van der Waals surface area (Å²) in [4.78, 5) is 17.7. The van der Waals surface area contributed by atoms with Gasteiger partial charge in [0.15, 0.2) is 5.96 Å². The van der Waals surface area contributed by atoms with Gasteiger partial charge in [0.25, 0.3) is 0 Å². The molecule has 1 fully saturated rings. The molecule has 1 aliphatic heterocycles. The van der Waals surface area contributed by atoms with E-state index in [1.54, 1.807) is 18.5 Å². The van der Waals surface area contributed by atoms with Gasteiger partial charge in [0, 0.05) is 49.6 Å². The van der Waals surface area contributed by atoms with E-state index in [0.717, 1.165) is 54.7 Å². The molecular weight excluding hydrogens is 526 g/mol. The zero-order valence-electron chi connectivity index (χ0n) is 15.1. The number of rotatable bonds is 4. The molecule has 2 aromatic rings. The predicted octanol–water partition coefficient (Wildman–Crippen LogP) is 3.28. The summed E-state index contributed by atoms with van der Waals surface area (Å²) < 4.78 is 14.3. The Hall–Kier alpha value is -1.49. The molecule has 2 heterocycles. The van der Waals surface area contributed by atoms with Gasteiger partial charge in [-0.2, -0.15) is 0 Å². The number of nitrogens with one attached hydrogen (secondary N) is 1. The highest BCUT2D eigenvalue weighted by Gasteiger charge is 2.21. The average molecular weight is 549 g/mol. The Morgan fingerprint density at radius 3 is 2.59 bits per heavy atom. The van der Waals surface area contributed by atoms with Crippen molar-refractivity contribution < 1.29 is 4.39 Å². The quantitative estimate of drug-likeness (QED) is 0.361. The number of anilines is 1. The maximum atomic E-state index is 13.5. The normalized spacial score (nSPS) is 14.7. The van der Waals surface area contributed by atoms with E-state index in [9.17, 15) is 4.39 Å². The second kappa shape index (κ2) is 10.7. The molecule has 0 spiro atoms. The third-order valence-corrected chi connectivity index (χ3v) is 4.93. The summed E-state index contributed by atoms with van der Waals surface area (Å²) in [5, 5.41) is 3.33. The highest BCUT2D eigenvalue weighted by atomic mass is 127. The summed E-state index contributed by atoms with van der Waals surface area (Å²) >= 11 is 3.46. The van der Waals surface area contributed by atoms with Gasteiger partial charge in [-0.3, -0.25) is 0 Å². The summed E-state index contributed by atoms with van der Waals surface area (Å²) in [5.41, 5.74) is 0.830. The Morgan fingerprint density at radius 2 is 1.93 bits per heavy atom. The van der Waals surface area contributed by atoms with E-state index in [-0.39, 0.29) is 29.8 Å². The molecule has 6 nitrogen and oxygen atoms in total. The summed E-state index contributed by atoms with van der Waals surface area (Å²) in [7, 11) is 0. The lowest BCUT2D eigenvalue weighted by atomic mass is 10.2. The highest BCUT2D eigenvalue weighted by Crippen LogP contribution is 2.19. The van der Waals surface area contributed by atoms with Crippen LogP contribution < -0.4 is 10.2 Å². The van der Waals surface area contributed by atoms with Crippen molar-refractivity contribution in [1.82, 2.24) is 20.2 Å². The molecule has 146 valence electrons. The molecule has 1 N–H and O–H groups in total. The molecule has 1 aromatic carbocycles. The van der Waals surface area contributed by atoms with Crippen molar-refractivity contribution in [2.75, 3.05) is 37.6 Å². The van der Waals surface area contributed by atoms with Gasteiger partial charge in [-0.05, 0) is 36.8 Å². The molecule has 1 aliphatic rings. The van der Waals surface area contributed by atoms with Gasteiger partial charge in [0.1, 0.15) is 5.82 Å². The number of hydrogen-bond acceptors (Lipinski definition) is 4. The summed E-state index contributed by atoms with van der Waals surface area (Å²) in [6.07, 6.45) is 3.52. The van der Waals surface area contributed by atoms with Gasteiger partial charge in [-0.15, -0.1) is 24.0 Å². The molecule has 0 atom stereocenters. The van der Waals surface area contributed by atoms with Gasteiger partial charge in [-0.1, -0.05) is 15.9 Å². The molecule has 0 aliphatic carbocycles. The lowest BCUT2D eigenvalue weighted by molar-refractivity contribution is 0.370. The van der Waals surface area contributed by atoms with Crippen LogP contribution in [0, 0.1) is 5.82 Å². The largest absolute Gasteiger partial charge is 0.357 e. The number of halogens is 3. The number of nitrogens with zero attached hydrogens (tertiary/aromatic N) is 5. The average Bonchev–Trinajstić information content (AvgIpc) is 2.68. The maximum Gasteiger partial charge on any atom is 0.225 e. The molecule has 9 heteroatoms. The van der Waals surface area contributed by atoms with Crippen LogP contribution in [0.3, 0.4) is 0 Å². The smallest absolute Gasteiger partial charge is 0.225 e. The first-order valence-corrected chi connectivity index (χ1v) is 9.46. The van der Waals surface area contributed by atoms with Gasteiger partial charge in [0.2, 0.25) is 5.95 Å². The molecule has 0 saturated carbocycles. The Bertz CT molecular complexity index is 753. The van der Waals surface area contributed by atoms with E-state index in [1.807, 2.05) is 13.0 Å². The van der Waals surface area contributed by atoms with E-state index in [4.69, 9.17) is 4.99 Å². The Balaban J connectivity index is 0.00000261. The molecule has 1 aromatic heterocycles. The SMILES string of the molecule is CCNC(=NCc1cc(F)ccc1Br)N1CCN(c2ncccn2)CC1.I. The minimum atomic E-state index is -0.250. The van der Waals surface area contributed by atoms with Crippen LogP contribution in [0.4, 0.5) is 10.3 Å². The number of piperazine rings is 1. The highest BCUT2D eigenvalue weighted by molar-refractivity contribution is 14.0. The number of aromatic nitrogens is 2. The van der Waals surface area contributed by atoms with Crippen LogP contribution in [-0.2, 0) is 6.54 Å². The second-order valence-corrected chi connectivity index (χ2v) is 6.78. The van der Waals surface area contributed by atoms with Crippen molar-refractivity contribution in [1.29, 1.82) is 0 Å². The van der Waals surface area contributed by atoms with Crippen LogP contribution in [0.1, 0.15) is 12.5 Å². The fraction of sp³-hybridized carbons (Fsp3) is 0.389. The minimum absolute atomic E-state index is 0. The van der Waals surface area contributed by atoms with Crippen molar-refractivity contribution in [3.8, 4) is 0 Å². The predicted molar refractivity (Wildman–Crippen MR) is 120 cm³/mol. The van der Waals surface area contributed by atoms with Crippen molar-refractivity contribution in [2.45, 2.75) is 13.5 Å². The fourth-order valence-electron chi connectivity index (χ4n) is 2.82. The van der Waals surface area contributed by atoms with Crippen LogP contribution in [0.2, 0.25) is 0 Å². The third-order valence-electron chi connectivity index (χ3n) is 4.16. The minimum Gasteiger partial charge on any atom is -0.357 e. The molecule has 27 heavy (non-hydrogen) atoms. The van der Waals surface area contributed by atoms with Crippen molar-refractivity contribution in [3.63, 3.8) is 0 Å². The van der Waals surface area contributed by atoms with Crippen LogP contribution in [0.25, 0.3) is 0 Å². The van der Waals surface area contributed by atoms with Crippen LogP contribution in [-0.4, -0.2) is 53.6 Å². The number of benzene rings is 1. The Morgan fingerprint density at radius 1 is 1.22 bits per heavy atom. The molecule has 3 rings (SSSR count). The van der Waals surface area contributed by atoms with Crippen LogP contribution in [0.15, 0.2) is 46.1 Å². The fourth-order valence-corrected chi connectivity index (χ4v) is 3.20. The lowest BCUT2D eigenvalue weighted by Crippen LogP contribution is -2.53. The van der Waals surface area contributed by atoms with Crippen molar-refractivity contribution in [3.05, 3.63) is 52.5 Å². The summed E-state index contributed by atoms with van der Waals surface area (Å²) in [5.74, 6) is 1.36. The zero-order chi connectivity index (χ0) is 18.4. The first-order chi connectivity index (χ1) is 12.7. The van der Waals surface area contributed by atoms with E-state index >= 15 is 0 Å². The molecule has 0 unspecified atom stereocenters. The van der Waals surface area contributed by atoms with Crippen LogP contribution >= 0.6 is 39.9 Å². The molecule has 0 bridgehead atoms. The molecule has 1 saturated heterocycles. The van der Waals surface area contributed by atoms with Gasteiger partial charge in [-0.25, -0.2) is 19.4 Å². The molecular formula is C18H23BrFIN6. The van der Waals surface area contributed by atoms with Gasteiger partial charge >= 0.3 is 0 Å². The number of aliphatic imine (C=N–C) groups is 1. The van der Waals surface area contributed by atoms with Crippen LogP contribution in [0.5, 0.6) is 0 Å². The van der Waals surface area contributed by atoms with Gasteiger partial charge in [0.05, 0.1) is 6.54 Å².